The molecule has 3 aromatic heterocycles. The van der Waals surface area contributed by atoms with Gasteiger partial charge < -0.3 is 24.1 Å². The maximum absolute atomic E-state index is 10.8. The lowest BCUT2D eigenvalue weighted by molar-refractivity contribution is 0.0181. The molecular weight excluding hydrogens is 358 g/mol. The molecule has 7 heteroatoms. The van der Waals surface area contributed by atoms with Crippen LogP contribution in [0.4, 0.5) is 0 Å². The Bertz CT molecular complexity index is 913. The zero-order chi connectivity index (χ0) is 20.1. The number of aliphatic hydroxyl groups excluding tert-OH is 2. The van der Waals surface area contributed by atoms with Crippen molar-refractivity contribution in [3.05, 3.63) is 65.7 Å². The molecule has 2 atom stereocenters. The summed E-state index contributed by atoms with van der Waals surface area (Å²) in [5.41, 5.74) is 2.63. The Kier molecular flexibility index (Phi) is 6.31. The quantitative estimate of drug-likeness (QED) is 0.490. The van der Waals surface area contributed by atoms with Gasteiger partial charge in [-0.25, -0.2) is 0 Å². The van der Waals surface area contributed by atoms with Gasteiger partial charge in [0, 0.05) is 18.8 Å². The molecule has 0 saturated heterocycles. The second-order valence-electron chi connectivity index (χ2n) is 7.18. The van der Waals surface area contributed by atoms with E-state index in [1.54, 1.807) is 20.2 Å². The number of nitrogens with one attached hydrogen (secondary N) is 1. The SMILES string of the molecule is COCC(C)(CO)NC(O)c1c(C)cc2ccc(OCc3ccccn3)cn12. The van der Waals surface area contributed by atoms with Crippen LogP contribution in [0.25, 0.3) is 5.52 Å². The maximum Gasteiger partial charge on any atom is 0.147 e. The maximum atomic E-state index is 10.8. The Labute approximate surface area is 164 Å². The molecule has 0 spiro atoms. The first kappa shape index (κ1) is 20.3. The Morgan fingerprint density at radius 1 is 1.29 bits per heavy atom. The third-order valence-electron chi connectivity index (χ3n) is 4.65. The first-order chi connectivity index (χ1) is 13.5. The van der Waals surface area contributed by atoms with Gasteiger partial charge in [0.1, 0.15) is 18.6 Å². The summed E-state index contributed by atoms with van der Waals surface area (Å²) in [5.74, 6) is 0.670. The highest BCUT2D eigenvalue weighted by Crippen LogP contribution is 2.26. The molecule has 0 saturated carbocycles. The number of hydrogen-bond donors (Lipinski definition) is 3. The minimum Gasteiger partial charge on any atom is -0.486 e. The van der Waals surface area contributed by atoms with Crippen LogP contribution >= 0.6 is 0 Å². The standard InChI is InChI=1S/C21H27N3O4/c1-15-10-17-7-8-18(28-12-16-6-4-5-9-22-16)11-24(17)19(15)20(26)23-21(2,13-25)14-27-3/h4-11,20,23,25-26H,12-14H2,1-3H3. The fraction of sp³-hybridized carbons (Fsp3) is 0.381. The van der Waals surface area contributed by atoms with Crippen LogP contribution in [0.3, 0.4) is 0 Å². The summed E-state index contributed by atoms with van der Waals surface area (Å²) in [6, 6.07) is 11.5. The van der Waals surface area contributed by atoms with Crippen LogP contribution in [-0.4, -0.2) is 45.5 Å². The predicted octanol–water partition coefficient (Wildman–Crippen LogP) is 2.20. The predicted molar refractivity (Wildman–Crippen MR) is 106 cm³/mol. The van der Waals surface area contributed by atoms with Gasteiger partial charge in [-0.3, -0.25) is 10.3 Å². The Morgan fingerprint density at radius 2 is 2.11 bits per heavy atom. The number of aliphatic hydroxyl groups is 2. The molecule has 28 heavy (non-hydrogen) atoms. The van der Waals surface area contributed by atoms with E-state index in [0.717, 1.165) is 16.8 Å². The molecule has 2 unspecified atom stereocenters. The van der Waals surface area contributed by atoms with Crippen LogP contribution in [0.2, 0.25) is 0 Å². The molecule has 150 valence electrons. The number of nitrogens with zero attached hydrogens (tertiary/aromatic N) is 2. The van der Waals surface area contributed by atoms with E-state index in [4.69, 9.17) is 9.47 Å². The minimum atomic E-state index is -0.985. The van der Waals surface area contributed by atoms with Gasteiger partial charge in [0.05, 0.1) is 36.3 Å². The van der Waals surface area contributed by atoms with Crippen molar-refractivity contribution in [2.45, 2.75) is 32.2 Å². The summed E-state index contributed by atoms with van der Waals surface area (Å²) >= 11 is 0. The first-order valence-corrected chi connectivity index (χ1v) is 9.15. The average Bonchev–Trinajstić information content (AvgIpc) is 3.02. The molecule has 0 aromatic carbocycles. The van der Waals surface area contributed by atoms with E-state index in [1.165, 1.54) is 0 Å². The van der Waals surface area contributed by atoms with Crippen molar-refractivity contribution in [3.8, 4) is 5.75 Å². The summed E-state index contributed by atoms with van der Waals surface area (Å²) < 4.78 is 12.9. The Balaban J connectivity index is 1.84. The normalized spacial score (nSPS) is 14.8. The first-order valence-electron chi connectivity index (χ1n) is 9.15. The van der Waals surface area contributed by atoms with Gasteiger partial charge in [-0.15, -0.1) is 0 Å². The largest absolute Gasteiger partial charge is 0.486 e. The van der Waals surface area contributed by atoms with Crippen LogP contribution in [0, 0.1) is 6.92 Å². The Morgan fingerprint density at radius 3 is 2.79 bits per heavy atom. The molecule has 3 heterocycles. The van der Waals surface area contributed by atoms with Crippen molar-refractivity contribution in [1.29, 1.82) is 0 Å². The highest BCUT2D eigenvalue weighted by atomic mass is 16.5. The fourth-order valence-corrected chi connectivity index (χ4v) is 3.23. The number of methoxy groups -OCH3 is 1. The van der Waals surface area contributed by atoms with Gasteiger partial charge >= 0.3 is 0 Å². The van der Waals surface area contributed by atoms with Crippen LogP contribution in [0.1, 0.15) is 30.1 Å². The van der Waals surface area contributed by atoms with Gasteiger partial charge in [0.25, 0.3) is 0 Å². The van der Waals surface area contributed by atoms with E-state index in [0.29, 0.717) is 18.1 Å². The summed E-state index contributed by atoms with van der Waals surface area (Å²) in [6.45, 7) is 4.19. The van der Waals surface area contributed by atoms with Gasteiger partial charge in [-0.1, -0.05) is 6.07 Å². The minimum absolute atomic E-state index is 0.168. The summed E-state index contributed by atoms with van der Waals surface area (Å²) in [7, 11) is 1.56. The van der Waals surface area contributed by atoms with Gasteiger partial charge in [-0.2, -0.15) is 0 Å². The molecule has 7 nitrogen and oxygen atoms in total. The molecule has 3 N–H and O–H groups in total. The lowest BCUT2D eigenvalue weighted by Crippen LogP contribution is -2.51. The molecule has 3 rings (SSSR count). The van der Waals surface area contributed by atoms with Crippen LogP contribution in [0.15, 0.2) is 48.8 Å². The molecule has 0 aliphatic carbocycles. The highest BCUT2D eigenvalue weighted by molar-refractivity contribution is 5.55. The molecule has 0 aliphatic heterocycles. The summed E-state index contributed by atoms with van der Waals surface area (Å²) in [4.78, 5) is 4.26. The smallest absolute Gasteiger partial charge is 0.147 e. The third-order valence-corrected chi connectivity index (χ3v) is 4.65. The molecule has 0 aliphatic rings. The van der Waals surface area contributed by atoms with Crippen LogP contribution in [0.5, 0.6) is 5.75 Å². The molecule has 3 aromatic rings. The van der Waals surface area contributed by atoms with E-state index in [1.807, 2.05) is 53.9 Å². The van der Waals surface area contributed by atoms with Crippen molar-refractivity contribution in [1.82, 2.24) is 14.7 Å². The lowest BCUT2D eigenvalue weighted by atomic mass is 10.0. The highest BCUT2D eigenvalue weighted by Gasteiger charge is 2.28. The van der Waals surface area contributed by atoms with Gasteiger partial charge in [-0.05, 0) is 49.7 Å². The van der Waals surface area contributed by atoms with E-state index in [9.17, 15) is 10.2 Å². The number of rotatable bonds is 9. The second-order valence-corrected chi connectivity index (χ2v) is 7.18. The lowest BCUT2D eigenvalue weighted by Gasteiger charge is -2.31. The van der Waals surface area contributed by atoms with Crippen LogP contribution < -0.4 is 10.1 Å². The topological polar surface area (TPSA) is 88.2 Å². The number of ether oxygens (including phenoxy) is 2. The van der Waals surface area contributed by atoms with E-state index < -0.39 is 11.8 Å². The second kappa shape index (κ2) is 8.70. The monoisotopic (exact) mass is 385 g/mol. The van der Waals surface area contributed by atoms with Crippen molar-refractivity contribution in [2.75, 3.05) is 20.3 Å². The number of aryl methyl sites for hydroxylation is 1. The summed E-state index contributed by atoms with van der Waals surface area (Å²) in [5, 5.41) is 23.6. The molecular formula is C21H27N3O4. The van der Waals surface area contributed by atoms with Crippen LogP contribution in [-0.2, 0) is 11.3 Å². The van der Waals surface area contributed by atoms with E-state index in [-0.39, 0.29) is 13.2 Å². The number of hydrogen-bond acceptors (Lipinski definition) is 6. The number of fused-ring (bicyclic) bond motifs is 1. The fourth-order valence-electron chi connectivity index (χ4n) is 3.23. The molecule has 0 amide bonds. The summed E-state index contributed by atoms with van der Waals surface area (Å²) in [6.07, 6.45) is 2.59. The number of pyridine rings is 2. The molecule has 0 radical (unpaired) electrons. The van der Waals surface area contributed by atoms with Gasteiger partial charge in [0.15, 0.2) is 0 Å². The molecule has 0 fully saturated rings. The molecule has 0 bridgehead atoms. The zero-order valence-electron chi connectivity index (χ0n) is 16.4. The van der Waals surface area contributed by atoms with E-state index in [2.05, 4.69) is 10.3 Å². The van der Waals surface area contributed by atoms with Crippen molar-refractivity contribution < 1.29 is 19.7 Å². The van der Waals surface area contributed by atoms with Gasteiger partial charge in [0.2, 0.25) is 0 Å². The zero-order valence-corrected chi connectivity index (χ0v) is 16.4. The number of aromatic nitrogens is 2. The van der Waals surface area contributed by atoms with Crippen molar-refractivity contribution in [2.24, 2.45) is 0 Å². The third kappa shape index (κ3) is 4.51. The average molecular weight is 385 g/mol. The Hall–Kier alpha value is -2.45. The van der Waals surface area contributed by atoms with Crippen molar-refractivity contribution >= 4 is 5.52 Å². The van der Waals surface area contributed by atoms with E-state index >= 15 is 0 Å². The van der Waals surface area contributed by atoms with Crippen molar-refractivity contribution in [3.63, 3.8) is 0 Å².